The van der Waals surface area contributed by atoms with Crippen molar-refractivity contribution in [2.24, 2.45) is 0 Å². The normalized spacial score (nSPS) is 11.1. The highest BCUT2D eigenvalue weighted by Crippen LogP contribution is 2.17. The maximum Gasteiger partial charge on any atom is 0.129 e. The number of benzene rings is 1. The number of anilines is 1. The summed E-state index contributed by atoms with van der Waals surface area (Å²) < 4.78 is 13.5. The molecule has 1 rings (SSSR count). The van der Waals surface area contributed by atoms with Gasteiger partial charge in [0.1, 0.15) is 5.82 Å². The monoisotopic (exact) mass is 256 g/mol. The lowest BCUT2D eigenvalue weighted by Crippen LogP contribution is -2.25. The molecule has 0 bridgehead atoms. The zero-order valence-corrected chi connectivity index (χ0v) is 11.4. The van der Waals surface area contributed by atoms with E-state index < -0.39 is 0 Å². The molecule has 0 saturated carbocycles. The van der Waals surface area contributed by atoms with Crippen LogP contribution in [0.5, 0.6) is 0 Å². The van der Waals surface area contributed by atoms with Crippen LogP contribution in [0.4, 0.5) is 10.1 Å². The fraction of sp³-hybridized carbons (Fsp3) is 0.538. The molecule has 0 aliphatic heterocycles. The maximum atomic E-state index is 13.5. The van der Waals surface area contributed by atoms with E-state index in [1.165, 1.54) is 6.07 Å². The summed E-state index contributed by atoms with van der Waals surface area (Å²) in [7, 11) is 0. The highest BCUT2D eigenvalue weighted by Gasteiger charge is 2.03. The van der Waals surface area contributed by atoms with Crippen molar-refractivity contribution < 1.29 is 4.39 Å². The molecule has 2 N–H and O–H groups in total. The highest BCUT2D eigenvalue weighted by atomic mass is 32.2. The predicted molar refractivity (Wildman–Crippen MR) is 74.8 cm³/mol. The fourth-order valence-electron chi connectivity index (χ4n) is 1.60. The third kappa shape index (κ3) is 4.96. The molecule has 1 aromatic rings. The van der Waals surface area contributed by atoms with Crippen LogP contribution in [0, 0.1) is 5.82 Å². The van der Waals surface area contributed by atoms with E-state index in [2.05, 4.69) is 18.7 Å². The average molecular weight is 256 g/mol. The average Bonchev–Trinajstić information content (AvgIpc) is 2.32. The van der Waals surface area contributed by atoms with Crippen LogP contribution in [-0.2, 0) is 5.75 Å². The first-order valence-electron chi connectivity index (χ1n) is 6.01. The van der Waals surface area contributed by atoms with Crippen LogP contribution in [-0.4, -0.2) is 30.3 Å². The molecule has 0 radical (unpaired) electrons. The molecule has 2 nitrogen and oxygen atoms in total. The van der Waals surface area contributed by atoms with E-state index in [1.807, 2.05) is 0 Å². The first kappa shape index (κ1) is 14.3. The second-order valence-corrected chi connectivity index (χ2v) is 5.04. The van der Waals surface area contributed by atoms with Gasteiger partial charge in [-0.2, -0.15) is 11.8 Å². The van der Waals surface area contributed by atoms with Crippen molar-refractivity contribution in [3.05, 3.63) is 29.6 Å². The second-order valence-electron chi connectivity index (χ2n) is 3.93. The van der Waals surface area contributed by atoms with Gasteiger partial charge in [0, 0.05) is 23.7 Å². The van der Waals surface area contributed by atoms with E-state index in [0.717, 1.165) is 31.0 Å². The van der Waals surface area contributed by atoms with Crippen LogP contribution < -0.4 is 5.73 Å². The summed E-state index contributed by atoms with van der Waals surface area (Å²) in [5.41, 5.74) is 6.73. The molecule has 0 saturated heterocycles. The molecule has 0 amide bonds. The Balaban J connectivity index is 2.31. The van der Waals surface area contributed by atoms with Crippen LogP contribution in [0.1, 0.15) is 19.4 Å². The number of hydrogen-bond donors (Lipinski definition) is 1. The van der Waals surface area contributed by atoms with Crippen molar-refractivity contribution in [3.63, 3.8) is 0 Å². The van der Waals surface area contributed by atoms with E-state index in [1.54, 1.807) is 23.9 Å². The summed E-state index contributed by atoms with van der Waals surface area (Å²) in [5.74, 6) is 1.55. The van der Waals surface area contributed by atoms with Gasteiger partial charge in [0.15, 0.2) is 0 Å². The molecule has 1 aromatic carbocycles. The zero-order valence-electron chi connectivity index (χ0n) is 10.6. The summed E-state index contributed by atoms with van der Waals surface area (Å²) in [6.07, 6.45) is 0. The Morgan fingerprint density at radius 3 is 2.59 bits per heavy atom. The molecule has 0 heterocycles. The first-order valence-corrected chi connectivity index (χ1v) is 7.16. The third-order valence-corrected chi connectivity index (χ3v) is 3.77. The molecule has 17 heavy (non-hydrogen) atoms. The largest absolute Gasteiger partial charge is 0.399 e. The number of rotatable bonds is 7. The SMILES string of the molecule is CCN(CC)CCSCc1ccc(N)cc1F. The van der Waals surface area contributed by atoms with Gasteiger partial charge in [-0.25, -0.2) is 4.39 Å². The fourth-order valence-corrected chi connectivity index (χ4v) is 2.58. The lowest BCUT2D eigenvalue weighted by atomic mass is 10.2. The van der Waals surface area contributed by atoms with E-state index in [9.17, 15) is 4.39 Å². The lowest BCUT2D eigenvalue weighted by molar-refractivity contribution is 0.324. The Kier molecular flexibility index (Phi) is 6.37. The van der Waals surface area contributed by atoms with Crippen LogP contribution in [0.25, 0.3) is 0 Å². The van der Waals surface area contributed by atoms with Crippen LogP contribution >= 0.6 is 11.8 Å². The molecule has 0 aliphatic carbocycles. The Bertz CT molecular complexity index is 340. The van der Waals surface area contributed by atoms with Crippen LogP contribution in [0.2, 0.25) is 0 Å². The summed E-state index contributed by atoms with van der Waals surface area (Å²) >= 11 is 1.76. The Labute approximate surface area is 107 Å². The van der Waals surface area contributed by atoms with Crippen molar-refractivity contribution in [3.8, 4) is 0 Å². The molecule has 0 aliphatic rings. The Hall–Kier alpha value is -0.740. The van der Waals surface area contributed by atoms with E-state index in [0.29, 0.717) is 11.4 Å². The molecule has 4 heteroatoms. The van der Waals surface area contributed by atoms with Gasteiger partial charge in [-0.1, -0.05) is 19.9 Å². The smallest absolute Gasteiger partial charge is 0.129 e. The molecule has 0 fully saturated rings. The van der Waals surface area contributed by atoms with Crippen LogP contribution in [0.15, 0.2) is 18.2 Å². The van der Waals surface area contributed by atoms with Gasteiger partial charge in [0.05, 0.1) is 0 Å². The number of thioether (sulfide) groups is 1. The van der Waals surface area contributed by atoms with Crippen molar-refractivity contribution in [2.75, 3.05) is 31.1 Å². The number of nitrogen functional groups attached to an aromatic ring is 1. The third-order valence-electron chi connectivity index (χ3n) is 2.78. The zero-order chi connectivity index (χ0) is 12.7. The molecular weight excluding hydrogens is 235 g/mol. The molecule has 0 unspecified atom stereocenters. The quantitative estimate of drug-likeness (QED) is 0.601. The van der Waals surface area contributed by atoms with Crippen molar-refractivity contribution >= 4 is 17.4 Å². The Morgan fingerprint density at radius 2 is 2.00 bits per heavy atom. The van der Waals surface area contributed by atoms with Gasteiger partial charge in [-0.15, -0.1) is 0 Å². The molecule has 0 spiro atoms. The van der Waals surface area contributed by atoms with Crippen molar-refractivity contribution in [1.82, 2.24) is 4.90 Å². The summed E-state index contributed by atoms with van der Waals surface area (Å²) in [6.45, 7) is 7.54. The second kappa shape index (κ2) is 7.56. The molecule has 96 valence electrons. The maximum absolute atomic E-state index is 13.5. The summed E-state index contributed by atoms with van der Waals surface area (Å²) in [4.78, 5) is 2.37. The summed E-state index contributed by atoms with van der Waals surface area (Å²) in [6, 6.07) is 4.92. The van der Waals surface area contributed by atoms with Crippen molar-refractivity contribution in [2.45, 2.75) is 19.6 Å². The minimum Gasteiger partial charge on any atom is -0.399 e. The van der Waals surface area contributed by atoms with Crippen LogP contribution in [0.3, 0.4) is 0 Å². The van der Waals surface area contributed by atoms with Gasteiger partial charge in [0.25, 0.3) is 0 Å². The van der Waals surface area contributed by atoms with Gasteiger partial charge in [-0.3, -0.25) is 0 Å². The Morgan fingerprint density at radius 1 is 1.29 bits per heavy atom. The van der Waals surface area contributed by atoms with Gasteiger partial charge in [0.2, 0.25) is 0 Å². The van der Waals surface area contributed by atoms with E-state index >= 15 is 0 Å². The molecular formula is C13H21FN2S. The number of nitrogens with two attached hydrogens (primary N) is 1. The lowest BCUT2D eigenvalue weighted by Gasteiger charge is -2.17. The molecule has 0 aromatic heterocycles. The minimum absolute atomic E-state index is 0.194. The molecule has 0 atom stereocenters. The number of hydrogen-bond acceptors (Lipinski definition) is 3. The highest BCUT2D eigenvalue weighted by molar-refractivity contribution is 7.98. The van der Waals surface area contributed by atoms with E-state index in [-0.39, 0.29) is 5.82 Å². The topological polar surface area (TPSA) is 29.3 Å². The van der Waals surface area contributed by atoms with Gasteiger partial charge >= 0.3 is 0 Å². The van der Waals surface area contributed by atoms with E-state index in [4.69, 9.17) is 5.73 Å². The van der Waals surface area contributed by atoms with Gasteiger partial charge in [-0.05, 0) is 30.8 Å². The standard InChI is InChI=1S/C13H21FN2S/c1-3-16(4-2)7-8-17-10-11-5-6-12(15)9-13(11)14/h5-6,9H,3-4,7-8,10,15H2,1-2H3. The minimum atomic E-state index is -0.194. The summed E-state index contributed by atoms with van der Waals surface area (Å²) in [5, 5.41) is 0. The van der Waals surface area contributed by atoms with Gasteiger partial charge < -0.3 is 10.6 Å². The predicted octanol–water partition coefficient (Wildman–Crippen LogP) is 2.98. The number of halogens is 1. The number of nitrogens with zero attached hydrogens (tertiary/aromatic N) is 1. The first-order chi connectivity index (χ1) is 8.17. The van der Waals surface area contributed by atoms with Crippen molar-refractivity contribution in [1.29, 1.82) is 0 Å².